The van der Waals surface area contributed by atoms with Crippen molar-refractivity contribution < 1.29 is 14.2 Å². The van der Waals surface area contributed by atoms with Gasteiger partial charge in [-0.25, -0.2) is 0 Å². The summed E-state index contributed by atoms with van der Waals surface area (Å²) >= 11 is 0. The lowest BCUT2D eigenvalue weighted by atomic mass is 9.99. The third kappa shape index (κ3) is 4.17. The number of hydrogen-bond donors (Lipinski definition) is 0. The molecule has 0 bridgehead atoms. The van der Waals surface area contributed by atoms with E-state index in [-0.39, 0.29) is 6.04 Å². The van der Waals surface area contributed by atoms with Crippen LogP contribution in [0.2, 0.25) is 0 Å². The Kier molecular flexibility index (Phi) is 6.29. The molecule has 1 aromatic heterocycles. The second-order valence-electron chi connectivity index (χ2n) is 7.54. The van der Waals surface area contributed by atoms with E-state index in [4.69, 9.17) is 14.2 Å². The average molecular weight is 407 g/mol. The van der Waals surface area contributed by atoms with Crippen LogP contribution in [0, 0.1) is 0 Å². The summed E-state index contributed by atoms with van der Waals surface area (Å²) in [6.45, 7) is 5.56. The van der Waals surface area contributed by atoms with Crippen molar-refractivity contribution >= 4 is 0 Å². The number of aryl methyl sites for hydroxylation is 1. The molecule has 0 saturated heterocycles. The van der Waals surface area contributed by atoms with Crippen LogP contribution in [0.1, 0.15) is 36.2 Å². The Morgan fingerprint density at radius 3 is 2.47 bits per heavy atom. The molecule has 1 unspecified atom stereocenters. The summed E-state index contributed by atoms with van der Waals surface area (Å²) in [7, 11) is 3.44. The van der Waals surface area contributed by atoms with Gasteiger partial charge in [0.1, 0.15) is 17.2 Å². The maximum absolute atomic E-state index is 5.76. The Morgan fingerprint density at radius 1 is 0.933 bits per heavy atom. The van der Waals surface area contributed by atoms with Gasteiger partial charge >= 0.3 is 0 Å². The third-order valence-corrected chi connectivity index (χ3v) is 5.71. The molecule has 5 heteroatoms. The number of benzene rings is 2. The lowest BCUT2D eigenvalue weighted by molar-refractivity contribution is 0.216. The van der Waals surface area contributed by atoms with Gasteiger partial charge in [-0.3, -0.25) is 4.90 Å². The number of aromatic nitrogens is 1. The molecule has 2 heterocycles. The maximum Gasteiger partial charge on any atom is 0.124 e. The highest BCUT2D eigenvalue weighted by atomic mass is 16.5. The molecule has 0 radical (unpaired) electrons. The molecule has 1 aliphatic heterocycles. The lowest BCUT2D eigenvalue weighted by Gasteiger charge is -2.31. The predicted octanol–water partition coefficient (Wildman–Crippen LogP) is 4.90. The van der Waals surface area contributed by atoms with Crippen LogP contribution >= 0.6 is 0 Å². The monoisotopic (exact) mass is 406 g/mol. The van der Waals surface area contributed by atoms with E-state index >= 15 is 0 Å². The normalized spacial score (nSPS) is 16.6. The van der Waals surface area contributed by atoms with Crippen LogP contribution in [0.25, 0.3) is 0 Å². The first-order valence-electron chi connectivity index (χ1n) is 10.6. The average Bonchev–Trinajstić information content (AvgIpc) is 3.16. The van der Waals surface area contributed by atoms with E-state index in [9.17, 15) is 0 Å². The van der Waals surface area contributed by atoms with Crippen LogP contribution in [0.5, 0.6) is 17.2 Å². The minimum atomic E-state index is 0.0825. The molecule has 30 heavy (non-hydrogen) atoms. The van der Waals surface area contributed by atoms with E-state index in [1.807, 2.05) is 19.1 Å². The van der Waals surface area contributed by atoms with Crippen molar-refractivity contribution in [1.82, 2.24) is 9.47 Å². The molecule has 2 aromatic carbocycles. The Bertz CT molecular complexity index is 965. The number of fused-ring (bicyclic) bond motifs is 1. The van der Waals surface area contributed by atoms with Crippen molar-refractivity contribution in [2.24, 2.45) is 0 Å². The maximum atomic E-state index is 5.76. The summed E-state index contributed by atoms with van der Waals surface area (Å²) in [5, 5.41) is 0. The van der Waals surface area contributed by atoms with Gasteiger partial charge in [0.25, 0.3) is 0 Å². The van der Waals surface area contributed by atoms with Crippen LogP contribution in [0.15, 0.2) is 60.8 Å². The van der Waals surface area contributed by atoms with Crippen molar-refractivity contribution in [2.75, 3.05) is 27.4 Å². The Hall–Kier alpha value is -2.92. The summed E-state index contributed by atoms with van der Waals surface area (Å²) < 4.78 is 19.3. The van der Waals surface area contributed by atoms with E-state index in [1.54, 1.807) is 14.2 Å². The molecule has 1 atom stereocenters. The summed E-state index contributed by atoms with van der Waals surface area (Å²) in [5.74, 6) is 2.64. The van der Waals surface area contributed by atoms with Crippen LogP contribution in [0.4, 0.5) is 0 Å². The zero-order valence-electron chi connectivity index (χ0n) is 18.0. The van der Waals surface area contributed by atoms with Gasteiger partial charge in [0.2, 0.25) is 0 Å². The summed E-state index contributed by atoms with van der Waals surface area (Å²) in [6.07, 6.45) is 3.27. The second-order valence-corrected chi connectivity index (χ2v) is 7.54. The molecular weight excluding hydrogens is 376 g/mol. The van der Waals surface area contributed by atoms with E-state index in [2.05, 4.69) is 58.1 Å². The molecule has 0 fully saturated rings. The summed E-state index contributed by atoms with van der Waals surface area (Å²) in [5.41, 5.74) is 3.68. The van der Waals surface area contributed by atoms with Gasteiger partial charge < -0.3 is 18.8 Å². The number of hydrogen-bond acceptors (Lipinski definition) is 4. The molecule has 3 aromatic rings. The number of nitrogens with zero attached hydrogens (tertiary/aromatic N) is 2. The van der Waals surface area contributed by atoms with Gasteiger partial charge in [0, 0.05) is 37.1 Å². The molecule has 4 rings (SSSR count). The van der Waals surface area contributed by atoms with Gasteiger partial charge in [-0.15, -0.1) is 0 Å². The SMILES string of the molecule is CCOc1ccc(CN2CCCn3cccc3C2c2cc(OC)ccc2OC)cc1. The standard InChI is InChI=1S/C25H30N2O3/c1-4-30-20-10-8-19(9-11-20)18-27-16-6-15-26-14-5-7-23(26)25(27)22-17-21(28-2)12-13-24(22)29-3/h5,7-14,17,25H,4,6,15-16,18H2,1-3H3. The zero-order chi connectivity index (χ0) is 20.9. The van der Waals surface area contributed by atoms with E-state index in [1.165, 1.54) is 11.3 Å². The van der Waals surface area contributed by atoms with Crippen molar-refractivity contribution in [3.8, 4) is 17.2 Å². The Labute approximate surface area is 178 Å². The largest absolute Gasteiger partial charge is 0.497 e. The first-order chi connectivity index (χ1) is 14.7. The van der Waals surface area contributed by atoms with Crippen LogP contribution < -0.4 is 14.2 Å². The number of methoxy groups -OCH3 is 2. The van der Waals surface area contributed by atoms with Gasteiger partial charge in [-0.1, -0.05) is 12.1 Å². The van der Waals surface area contributed by atoms with Crippen LogP contribution in [-0.4, -0.2) is 36.8 Å². The highest BCUT2D eigenvalue weighted by Gasteiger charge is 2.30. The molecular formula is C25H30N2O3. The Balaban J connectivity index is 1.73. The molecule has 0 saturated carbocycles. The summed E-state index contributed by atoms with van der Waals surface area (Å²) in [4.78, 5) is 2.53. The van der Waals surface area contributed by atoms with Crippen molar-refractivity contribution in [1.29, 1.82) is 0 Å². The fourth-order valence-corrected chi connectivity index (χ4v) is 4.31. The molecule has 5 nitrogen and oxygen atoms in total. The number of ether oxygens (including phenoxy) is 3. The van der Waals surface area contributed by atoms with Crippen LogP contribution in [0.3, 0.4) is 0 Å². The third-order valence-electron chi connectivity index (χ3n) is 5.71. The molecule has 0 spiro atoms. The molecule has 0 N–H and O–H groups in total. The smallest absolute Gasteiger partial charge is 0.124 e. The topological polar surface area (TPSA) is 35.9 Å². The fourth-order valence-electron chi connectivity index (χ4n) is 4.31. The summed E-state index contributed by atoms with van der Waals surface area (Å²) in [6, 6.07) is 18.9. The minimum absolute atomic E-state index is 0.0825. The van der Waals surface area contributed by atoms with Crippen molar-refractivity contribution in [2.45, 2.75) is 32.5 Å². The molecule has 0 aliphatic carbocycles. The van der Waals surface area contributed by atoms with E-state index in [0.717, 1.165) is 48.9 Å². The first kappa shape index (κ1) is 20.4. The zero-order valence-corrected chi connectivity index (χ0v) is 18.0. The predicted molar refractivity (Wildman–Crippen MR) is 118 cm³/mol. The van der Waals surface area contributed by atoms with Gasteiger partial charge in [0.05, 0.1) is 26.9 Å². The number of rotatable bonds is 7. The van der Waals surface area contributed by atoms with Crippen molar-refractivity contribution in [3.63, 3.8) is 0 Å². The van der Waals surface area contributed by atoms with E-state index in [0.29, 0.717) is 6.61 Å². The highest BCUT2D eigenvalue weighted by molar-refractivity contribution is 5.45. The quantitative estimate of drug-likeness (QED) is 0.559. The Morgan fingerprint density at radius 2 is 1.73 bits per heavy atom. The molecule has 1 aliphatic rings. The van der Waals surface area contributed by atoms with E-state index < -0.39 is 0 Å². The van der Waals surface area contributed by atoms with Gasteiger partial charge in [0.15, 0.2) is 0 Å². The van der Waals surface area contributed by atoms with Gasteiger partial charge in [-0.05, 0) is 61.4 Å². The van der Waals surface area contributed by atoms with Crippen LogP contribution in [-0.2, 0) is 13.1 Å². The fraction of sp³-hybridized carbons (Fsp3) is 0.360. The highest BCUT2D eigenvalue weighted by Crippen LogP contribution is 2.39. The molecule has 158 valence electrons. The lowest BCUT2D eigenvalue weighted by Crippen LogP contribution is -2.29. The first-order valence-corrected chi connectivity index (χ1v) is 10.6. The minimum Gasteiger partial charge on any atom is -0.497 e. The van der Waals surface area contributed by atoms with Gasteiger partial charge in [-0.2, -0.15) is 0 Å². The molecule has 0 amide bonds. The second kappa shape index (κ2) is 9.26. The van der Waals surface area contributed by atoms with Crippen molar-refractivity contribution in [3.05, 3.63) is 77.6 Å².